The number of halogens is 3. The lowest BCUT2D eigenvalue weighted by atomic mass is 10.1. The predicted molar refractivity (Wildman–Crippen MR) is 138 cm³/mol. The second kappa shape index (κ2) is 9.89. The van der Waals surface area contributed by atoms with E-state index in [0.717, 1.165) is 21.9 Å². The van der Waals surface area contributed by atoms with Crippen molar-refractivity contribution in [2.75, 3.05) is 0 Å². The quantitative estimate of drug-likeness (QED) is 0.234. The number of pyridine rings is 2. The SMILES string of the molecule is Cc1cccc(/C=N\NC(=O)c2cc(-c3ccncc3)nc3c2c(C)nn3-c2ccccc2C(F)(F)F)c1. The van der Waals surface area contributed by atoms with Crippen LogP contribution in [-0.4, -0.2) is 31.9 Å². The molecule has 0 aliphatic carbocycles. The highest BCUT2D eigenvalue weighted by atomic mass is 19.4. The Balaban J connectivity index is 1.66. The first kappa shape index (κ1) is 24.8. The predicted octanol–water partition coefficient (Wildman–Crippen LogP) is 5.88. The molecule has 0 unspecified atom stereocenters. The van der Waals surface area contributed by atoms with E-state index < -0.39 is 17.6 Å². The Hall–Kier alpha value is -4.86. The van der Waals surface area contributed by atoms with E-state index in [1.54, 1.807) is 37.5 Å². The Labute approximate surface area is 215 Å². The lowest BCUT2D eigenvalue weighted by molar-refractivity contribution is -0.137. The number of carbonyl (C=O) groups is 1. The lowest BCUT2D eigenvalue weighted by Crippen LogP contribution is -2.18. The summed E-state index contributed by atoms with van der Waals surface area (Å²) in [4.78, 5) is 22.0. The fourth-order valence-corrected chi connectivity index (χ4v) is 4.18. The minimum absolute atomic E-state index is 0.112. The van der Waals surface area contributed by atoms with Gasteiger partial charge in [0, 0.05) is 18.0 Å². The van der Waals surface area contributed by atoms with Crippen molar-refractivity contribution in [2.24, 2.45) is 5.10 Å². The Morgan fingerprint density at radius 3 is 2.50 bits per heavy atom. The summed E-state index contributed by atoms with van der Waals surface area (Å²) in [5, 5.41) is 8.77. The molecule has 2 aromatic carbocycles. The van der Waals surface area contributed by atoms with E-state index in [0.29, 0.717) is 22.3 Å². The standard InChI is InChI=1S/C28H21F3N6O/c1-17-6-5-7-19(14-17)16-33-35-27(38)21-15-23(20-10-12-32-13-11-20)34-26-25(21)18(2)36-37(26)24-9-4-3-8-22(24)28(29,30)31/h3-16H,1-2H3,(H,35,38)/b33-16-. The number of aromatic nitrogens is 4. The average molecular weight is 515 g/mol. The number of rotatable bonds is 5. The fraction of sp³-hybridized carbons (Fsp3) is 0.107. The first-order chi connectivity index (χ1) is 18.2. The zero-order chi connectivity index (χ0) is 26.9. The van der Waals surface area contributed by atoms with Gasteiger partial charge in [0.25, 0.3) is 5.91 Å². The number of nitrogens with one attached hydrogen (secondary N) is 1. The molecule has 3 heterocycles. The monoisotopic (exact) mass is 514 g/mol. The van der Waals surface area contributed by atoms with Gasteiger partial charge in [-0.25, -0.2) is 15.1 Å². The third-order valence-corrected chi connectivity index (χ3v) is 5.89. The van der Waals surface area contributed by atoms with Gasteiger partial charge >= 0.3 is 6.18 Å². The summed E-state index contributed by atoms with van der Waals surface area (Å²) in [7, 11) is 0. The van der Waals surface area contributed by atoms with Crippen LogP contribution in [0.1, 0.15) is 32.7 Å². The summed E-state index contributed by atoms with van der Waals surface area (Å²) >= 11 is 0. The summed E-state index contributed by atoms with van der Waals surface area (Å²) in [6.07, 6.45) is 0.0301. The van der Waals surface area contributed by atoms with E-state index in [2.05, 4.69) is 25.6 Å². The minimum Gasteiger partial charge on any atom is -0.267 e. The number of fused-ring (bicyclic) bond motifs is 1. The molecular formula is C28H21F3N6O. The highest BCUT2D eigenvalue weighted by Gasteiger charge is 2.35. The van der Waals surface area contributed by atoms with Crippen LogP contribution >= 0.6 is 0 Å². The first-order valence-electron chi connectivity index (χ1n) is 11.6. The Kier molecular flexibility index (Phi) is 6.46. The molecular weight excluding hydrogens is 493 g/mol. The molecule has 10 heteroatoms. The summed E-state index contributed by atoms with van der Waals surface area (Å²) in [5.41, 5.74) is 4.95. The maximum atomic E-state index is 13.8. The summed E-state index contributed by atoms with van der Waals surface area (Å²) in [6.45, 7) is 3.57. The summed E-state index contributed by atoms with van der Waals surface area (Å²) < 4.78 is 42.7. The van der Waals surface area contributed by atoms with Gasteiger partial charge in [-0.1, -0.05) is 42.0 Å². The van der Waals surface area contributed by atoms with Crippen molar-refractivity contribution in [1.29, 1.82) is 0 Å². The van der Waals surface area contributed by atoms with Crippen LogP contribution < -0.4 is 5.43 Å². The van der Waals surface area contributed by atoms with E-state index in [9.17, 15) is 18.0 Å². The van der Waals surface area contributed by atoms with E-state index in [1.807, 2.05) is 31.2 Å². The molecule has 0 saturated carbocycles. The Bertz CT molecular complexity index is 1680. The number of carbonyl (C=O) groups excluding carboxylic acids is 1. The van der Waals surface area contributed by atoms with Gasteiger partial charge in [0.2, 0.25) is 0 Å². The fourth-order valence-electron chi connectivity index (χ4n) is 4.18. The topological polar surface area (TPSA) is 85.1 Å². The molecule has 5 rings (SSSR count). The number of benzene rings is 2. The molecule has 38 heavy (non-hydrogen) atoms. The van der Waals surface area contributed by atoms with Gasteiger partial charge in [0.15, 0.2) is 5.65 Å². The molecule has 0 spiro atoms. The van der Waals surface area contributed by atoms with Gasteiger partial charge in [-0.05, 0) is 49.7 Å². The van der Waals surface area contributed by atoms with Gasteiger partial charge in [0.05, 0.1) is 39.8 Å². The van der Waals surface area contributed by atoms with Crippen LogP contribution in [0.15, 0.2) is 84.2 Å². The van der Waals surface area contributed by atoms with Crippen LogP contribution in [-0.2, 0) is 6.18 Å². The molecule has 0 aliphatic rings. The van der Waals surface area contributed by atoms with Crippen molar-refractivity contribution in [3.8, 4) is 16.9 Å². The van der Waals surface area contributed by atoms with E-state index in [1.165, 1.54) is 24.4 Å². The number of hydrogen-bond acceptors (Lipinski definition) is 5. The van der Waals surface area contributed by atoms with Crippen molar-refractivity contribution < 1.29 is 18.0 Å². The second-order valence-corrected chi connectivity index (χ2v) is 8.61. The molecule has 7 nitrogen and oxygen atoms in total. The van der Waals surface area contributed by atoms with Crippen LogP contribution in [0.5, 0.6) is 0 Å². The highest BCUT2D eigenvalue weighted by molar-refractivity contribution is 6.08. The van der Waals surface area contributed by atoms with Crippen molar-refractivity contribution in [1.82, 2.24) is 25.2 Å². The van der Waals surface area contributed by atoms with Crippen LogP contribution in [0.4, 0.5) is 13.2 Å². The molecule has 0 aliphatic heterocycles. The molecule has 3 aromatic heterocycles. The number of nitrogens with zero attached hydrogens (tertiary/aromatic N) is 5. The van der Waals surface area contributed by atoms with Gasteiger partial charge < -0.3 is 0 Å². The molecule has 190 valence electrons. The van der Waals surface area contributed by atoms with Crippen molar-refractivity contribution in [2.45, 2.75) is 20.0 Å². The molecule has 0 saturated heterocycles. The zero-order valence-corrected chi connectivity index (χ0v) is 20.4. The first-order valence-corrected chi connectivity index (χ1v) is 11.6. The molecule has 0 radical (unpaired) electrons. The Morgan fingerprint density at radius 2 is 1.76 bits per heavy atom. The molecule has 0 fully saturated rings. The van der Waals surface area contributed by atoms with Gasteiger partial charge in [0.1, 0.15) is 0 Å². The molecule has 0 atom stereocenters. The number of hydrazone groups is 1. The lowest BCUT2D eigenvalue weighted by Gasteiger charge is -2.13. The number of aryl methyl sites for hydroxylation is 2. The molecule has 0 bridgehead atoms. The highest BCUT2D eigenvalue weighted by Crippen LogP contribution is 2.36. The largest absolute Gasteiger partial charge is 0.418 e. The smallest absolute Gasteiger partial charge is 0.267 e. The van der Waals surface area contributed by atoms with E-state index >= 15 is 0 Å². The third kappa shape index (κ3) is 4.88. The van der Waals surface area contributed by atoms with Crippen LogP contribution in [0, 0.1) is 13.8 Å². The number of hydrogen-bond donors (Lipinski definition) is 1. The molecule has 1 N–H and O–H groups in total. The number of para-hydroxylation sites is 1. The third-order valence-electron chi connectivity index (χ3n) is 5.89. The van der Waals surface area contributed by atoms with Crippen molar-refractivity contribution >= 4 is 23.2 Å². The van der Waals surface area contributed by atoms with Gasteiger partial charge in [-0.3, -0.25) is 9.78 Å². The van der Waals surface area contributed by atoms with Crippen LogP contribution in [0.3, 0.4) is 0 Å². The second-order valence-electron chi connectivity index (χ2n) is 8.61. The zero-order valence-electron chi connectivity index (χ0n) is 20.4. The number of amides is 1. The van der Waals surface area contributed by atoms with Gasteiger partial charge in [-0.2, -0.15) is 23.4 Å². The van der Waals surface area contributed by atoms with Crippen molar-refractivity contribution in [3.05, 3.63) is 107 Å². The van der Waals surface area contributed by atoms with Crippen LogP contribution in [0.2, 0.25) is 0 Å². The maximum Gasteiger partial charge on any atom is 0.418 e. The Morgan fingerprint density at radius 1 is 1.00 bits per heavy atom. The molecule has 1 amide bonds. The van der Waals surface area contributed by atoms with Gasteiger partial charge in [-0.15, -0.1) is 0 Å². The minimum atomic E-state index is -4.61. The van der Waals surface area contributed by atoms with Crippen LogP contribution in [0.25, 0.3) is 28.0 Å². The average Bonchev–Trinajstić information content (AvgIpc) is 3.24. The summed E-state index contributed by atoms with van der Waals surface area (Å²) in [6, 6.07) is 17.7. The van der Waals surface area contributed by atoms with Crippen molar-refractivity contribution in [3.63, 3.8) is 0 Å². The summed E-state index contributed by atoms with van der Waals surface area (Å²) in [5.74, 6) is -0.552. The molecule has 5 aromatic rings. The number of alkyl halides is 3. The van der Waals surface area contributed by atoms with E-state index in [4.69, 9.17) is 0 Å². The van der Waals surface area contributed by atoms with E-state index in [-0.39, 0.29) is 16.9 Å². The normalized spacial score (nSPS) is 11.8. The maximum absolute atomic E-state index is 13.8.